The third kappa shape index (κ3) is 4.03. The van der Waals surface area contributed by atoms with Crippen LogP contribution in [0, 0.1) is 5.92 Å². The Labute approximate surface area is 177 Å². The maximum atomic E-state index is 13.2. The highest BCUT2D eigenvalue weighted by Crippen LogP contribution is 2.36. The largest absolute Gasteiger partial charge is 0.417 e. The summed E-state index contributed by atoms with van der Waals surface area (Å²) >= 11 is 0. The minimum Gasteiger partial charge on any atom is -0.381 e. The van der Waals surface area contributed by atoms with E-state index in [0.717, 1.165) is 6.07 Å². The number of aryl methyl sites for hydroxylation is 1. The van der Waals surface area contributed by atoms with Crippen LogP contribution in [-0.2, 0) is 34.0 Å². The van der Waals surface area contributed by atoms with E-state index in [1.54, 1.807) is 0 Å². The molecule has 0 aromatic carbocycles. The minimum absolute atomic E-state index is 0.0227. The van der Waals surface area contributed by atoms with Crippen LogP contribution in [0.3, 0.4) is 0 Å². The molecule has 14 heteroatoms. The van der Waals surface area contributed by atoms with Crippen LogP contribution in [0.2, 0.25) is 0 Å². The highest BCUT2D eigenvalue weighted by molar-refractivity contribution is 7.91. The van der Waals surface area contributed by atoms with Gasteiger partial charge in [-0.15, -0.1) is 0 Å². The van der Waals surface area contributed by atoms with E-state index < -0.39 is 49.7 Å². The second-order valence-electron chi connectivity index (χ2n) is 7.31. The number of hydrogen-bond donors (Lipinski definition) is 0. The fraction of sp³-hybridized carbons (Fsp3) is 0.389. The molecule has 4 rings (SSSR count). The van der Waals surface area contributed by atoms with Crippen LogP contribution < -0.4 is 0 Å². The molecule has 3 aromatic heterocycles. The molecular weight excluding hydrogens is 466 g/mol. The van der Waals surface area contributed by atoms with Gasteiger partial charge in [-0.25, -0.2) is 18.4 Å². The lowest BCUT2D eigenvalue weighted by atomic mass is 10.1. The topological polar surface area (TPSA) is 87.0 Å². The lowest BCUT2D eigenvalue weighted by Gasteiger charge is -2.25. The SMILES string of the molecule is Cn1c(-c2ncc(C(F)(F)F)cc2S(=O)(=O)CC2COC2)nc2cc(C(F)(F)F)cnc21. The van der Waals surface area contributed by atoms with Gasteiger partial charge in [0.15, 0.2) is 21.3 Å². The number of rotatable bonds is 4. The molecule has 1 fully saturated rings. The average molecular weight is 480 g/mol. The van der Waals surface area contributed by atoms with Gasteiger partial charge >= 0.3 is 12.4 Å². The molecule has 1 saturated heterocycles. The second kappa shape index (κ2) is 7.40. The van der Waals surface area contributed by atoms with Gasteiger partial charge in [-0.05, 0) is 12.1 Å². The van der Waals surface area contributed by atoms with E-state index in [1.165, 1.54) is 11.6 Å². The molecule has 0 unspecified atom stereocenters. The van der Waals surface area contributed by atoms with Crippen molar-refractivity contribution in [2.24, 2.45) is 13.0 Å². The summed E-state index contributed by atoms with van der Waals surface area (Å²) in [7, 11) is -2.92. The van der Waals surface area contributed by atoms with Crippen molar-refractivity contribution in [1.82, 2.24) is 19.5 Å². The average Bonchev–Trinajstić information content (AvgIpc) is 2.99. The summed E-state index contributed by atoms with van der Waals surface area (Å²) in [5.41, 5.74) is -3.00. The predicted molar refractivity (Wildman–Crippen MR) is 98.1 cm³/mol. The first-order valence-corrected chi connectivity index (χ1v) is 10.7. The standard InChI is InChI=1S/C18H14F6N4O3S/c1-28-15-12(2-10(5-26-15)17(19,20)21)27-16(28)14-13(3-11(4-25-14)18(22,23)24)32(29,30)8-9-6-31-7-9/h2-5,9H,6-8H2,1H3. The van der Waals surface area contributed by atoms with E-state index in [1.807, 2.05) is 0 Å². The number of fused-ring (bicyclic) bond motifs is 1. The lowest BCUT2D eigenvalue weighted by molar-refractivity contribution is -0.138. The van der Waals surface area contributed by atoms with E-state index in [-0.39, 0.29) is 36.1 Å². The predicted octanol–water partition coefficient (Wildman–Crippen LogP) is 3.49. The number of imidazole rings is 1. The fourth-order valence-electron chi connectivity index (χ4n) is 3.23. The fourth-order valence-corrected chi connectivity index (χ4v) is 4.97. The molecule has 0 amide bonds. The van der Waals surface area contributed by atoms with Crippen LogP contribution in [0.1, 0.15) is 11.1 Å². The van der Waals surface area contributed by atoms with Crippen LogP contribution in [0.5, 0.6) is 0 Å². The Morgan fingerprint density at radius 2 is 1.62 bits per heavy atom. The number of halogens is 6. The first-order valence-electron chi connectivity index (χ1n) is 9.05. The van der Waals surface area contributed by atoms with Gasteiger partial charge in [0.1, 0.15) is 11.2 Å². The maximum Gasteiger partial charge on any atom is 0.417 e. The Hall–Kier alpha value is -2.74. The van der Waals surface area contributed by atoms with Crippen molar-refractivity contribution in [3.63, 3.8) is 0 Å². The summed E-state index contributed by atoms with van der Waals surface area (Å²) in [6.07, 6.45) is -8.51. The zero-order chi connectivity index (χ0) is 23.5. The van der Waals surface area contributed by atoms with Crippen molar-refractivity contribution in [2.45, 2.75) is 17.2 Å². The first kappa shape index (κ1) is 22.5. The summed E-state index contributed by atoms with van der Waals surface area (Å²) in [5, 5.41) is 0. The highest BCUT2D eigenvalue weighted by atomic mass is 32.2. The summed E-state index contributed by atoms with van der Waals surface area (Å²) < 4.78 is 111. The molecule has 3 aromatic rings. The summed E-state index contributed by atoms with van der Waals surface area (Å²) in [4.78, 5) is 10.7. The van der Waals surface area contributed by atoms with Gasteiger partial charge in [0.25, 0.3) is 0 Å². The zero-order valence-corrected chi connectivity index (χ0v) is 17.0. The molecule has 32 heavy (non-hydrogen) atoms. The van der Waals surface area contributed by atoms with Crippen LogP contribution in [-0.4, -0.2) is 46.9 Å². The Balaban J connectivity index is 1.91. The molecule has 1 aliphatic heterocycles. The normalized spacial score (nSPS) is 15.8. The van der Waals surface area contributed by atoms with Crippen LogP contribution in [0.15, 0.2) is 29.4 Å². The summed E-state index contributed by atoms with van der Waals surface area (Å²) in [6.45, 7) is 0.300. The van der Waals surface area contributed by atoms with E-state index in [4.69, 9.17) is 4.74 Å². The van der Waals surface area contributed by atoms with Crippen molar-refractivity contribution in [2.75, 3.05) is 19.0 Å². The quantitative estimate of drug-likeness (QED) is 0.532. The second-order valence-corrected chi connectivity index (χ2v) is 9.31. The van der Waals surface area contributed by atoms with Crippen LogP contribution in [0.4, 0.5) is 26.3 Å². The monoisotopic (exact) mass is 480 g/mol. The van der Waals surface area contributed by atoms with Gasteiger partial charge in [0.05, 0.1) is 35.0 Å². The van der Waals surface area contributed by atoms with Crippen LogP contribution >= 0.6 is 0 Å². The molecule has 0 N–H and O–H groups in total. The number of nitrogens with zero attached hydrogens (tertiary/aromatic N) is 4. The number of alkyl halides is 6. The summed E-state index contributed by atoms with van der Waals surface area (Å²) in [5.74, 6) is -1.09. The first-order chi connectivity index (χ1) is 14.8. The van der Waals surface area contributed by atoms with Crippen LogP contribution in [0.25, 0.3) is 22.7 Å². The Morgan fingerprint density at radius 1 is 1.03 bits per heavy atom. The molecule has 172 valence electrons. The number of ether oxygens (including phenoxy) is 1. The van der Waals surface area contributed by atoms with Gasteiger partial charge in [-0.2, -0.15) is 26.3 Å². The van der Waals surface area contributed by atoms with E-state index >= 15 is 0 Å². The number of hydrogen-bond acceptors (Lipinski definition) is 6. The van der Waals surface area contributed by atoms with Gasteiger partial charge in [0.2, 0.25) is 0 Å². The molecule has 7 nitrogen and oxygen atoms in total. The summed E-state index contributed by atoms with van der Waals surface area (Å²) in [6, 6.07) is 1.18. The maximum absolute atomic E-state index is 13.2. The van der Waals surface area contributed by atoms with Crippen molar-refractivity contribution < 1.29 is 39.5 Å². The lowest BCUT2D eigenvalue weighted by Crippen LogP contribution is -2.34. The Morgan fingerprint density at radius 3 is 2.19 bits per heavy atom. The van der Waals surface area contributed by atoms with Gasteiger partial charge in [-0.3, -0.25) is 4.98 Å². The van der Waals surface area contributed by atoms with Gasteiger partial charge < -0.3 is 9.30 Å². The minimum atomic E-state index is -4.86. The van der Waals surface area contributed by atoms with Crippen molar-refractivity contribution >= 4 is 21.0 Å². The third-order valence-electron chi connectivity index (χ3n) is 4.93. The zero-order valence-electron chi connectivity index (χ0n) is 16.2. The van der Waals surface area contributed by atoms with Gasteiger partial charge in [0, 0.05) is 25.4 Å². The van der Waals surface area contributed by atoms with Crippen molar-refractivity contribution in [1.29, 1.82) is 0 Å². The van der Waals surface area contributed by atoms with E-state index in [0.29, 0.717) is 18.5 Å². The Kier molecular flexibility index (Phi) is 5.19. The number of aromatic nitrogens is 4. The van der Waals surface area contributed by atoms with Crippen molar-refractivity contribution in [3.05, 3.63) is 35.7 Å². The van der Waals surface area contributed by atoms with E-state index in [2.05, 4.69) is 15.0 Å². The number of pyridine rings is 2. The Bertz CT molecular complexity index is 1300. The molecule has 0 radical (unpaired) electrons. The molecule has 1 aliphatic rings. The highest BCUT2D eigenvalue weighted by Gasteiger charge is 2.37. The smallest absolute Gasteiger partial charge is 0.381 e. The van der Waals surface area contributed by atoms with E-state index in [9.17, 15) is 34.8 Å². The molecule has 0 atom stereocenters. The molecule has 0 saturated carbocycles. The van der Waals surface area contributed by atoms with Gasteiger partial charge in [-0.1, -0.05) is 0 Å². The molecule has 4 heterocycles. The molecule has 0 spiro atoms. The molecule has 0 aliphatic carbocycles. The molecular formula is C18H14F6N4O3S. The molecule has 0 bridgehead atoms. The van der Waals surface area contributed by atoms with Crippen molar-refractivity contribution in [3.8, 4) is 11.5 Å². The third-order valence-corrected chi connectivity index (χ3v) is 6.82. The number of sulfone groups is 1.